The molecule has 4 saturated heterocycles. The van der Waals surface area contributed by atoms with Crippen LogP contribution in [0.4, 0.5) is 4.39 Å². The molecule has 4 aliphatic heterocycles. The third-order valence-corrected chi connectivity index (χ3v) is 16.9. The fourth-order valence-electron chi connectivity index (χ4n) is 10.7. The first-order valence-corrected chi connectivity index (χ1v) is 34.4. The molecule has 8 atom stereocenters. The summed E-state index contributed by atoms with van der Waals surface area (Å²) in [5.74, 6) is 2.19. The summed E-state index contributed by atoms with van der Waals surface area (Å²) in [5, 5.41) is 91.5. The number of nitrogens with zero attached hydrogens (tertiary/aromatic N) is 4. The lowest BCUT2D eigenvalue weighted by Gasteiger charge is -2.27. The van der Waals surface area contributed by atoms with Crippen LogP contribution in [0.15, 0.2) is 24.3 Å². The molecule has 3 saturated carbocycles. The van der Waals surface area contributed by atoms with Crippen molar-refractivity contribution in [3.63, 3.8) is 0 Å². The molecule has 11 N–H and O–H groups in total. The van der Waals surface area contributed by atoms with E-state index in [2.05, 4.69) is 63.7 Å². The van der Waals surface area contributed by atoms with E-state index in [4.69, 9.17) is 40.9 Å². The zero-order valence-electron chi connectivity index (χ0n) is 57.1. The highest BCUT2D eigenvalue weighted by Gasteiger charge is 2.22. The zero-order valence-corrected chi connectivity index (χ0v) is 57.1. The molecule has 0 bridgehead atoms. The number of halogens is 1. The van der Waals surface area contributed by atoms with Gasteiger partial charge in [0, 0.05) is 58.0 Å². The molecule has 0 spiro atoms. The van der Waals surface area contributed by atoms with Gasteiger partial charge in [-0.2, -0.15) is 0 Å². The van der Waals surface area contributed by atoms with Crippen molar-refractivity contribution >= 4 is 0 Å². The van der Waals surface area contributed by atoms with Crippen molar-refractivity contribution in [2.24, 2.45) is 17.8 Å². The van der Waals surface area contributed by atoms with Gasteiger partial charge in [-0.3, -0.25) is 9.80 Å². The molecule has 8 unspecified atom stereocenters. The number of benzene rings is 1. The number of rotatable bonds is 12. The van der Waals surface area contributed by atoms with Crippen molar-refractivity contribution in [1.82, 2.24) is 24.9 Å². The van der Waals surface area contributed by atoms with Crippen LogP contribution in [0, 0.1) is 23.6 Å². The van der Waals surface area contributed by atoms with Gasteiger partial charge in [0.15, 0.2) is 0 Å². The van der Waals surface area contributed by atoms with Gasteiger partial charge in [0.25, 0.3) is 0 Å². The average Bonchev–Trinajstić information content (AvgIpc) is 3.92. The summed E-state index contributed by atoms with van der Waals surface area (Å²) in [6.45, 7) is 22.2. The molecular formula is C69H142FN5O10. The van der Waals surface area contributed by atoms with Crippen LogP contribution < -0.4 is 5.32 Å². The smallest absolute Gasteiger partial charge is 0.127 e. The lowest BCUT2D eigenvalue weighted by Crippen LogP contribution is -2.35. The van der Waals surface area contributed by atoms with E-state index in [0.717, 1.165) is 173 Å². The van der Waals surface area contributed by atoms with Crippen molar-refractivity contribution in [2.45, 2.75) is 303 Å². The Balaban J connectivity index is -0.000000875. The maximum Gasteiger partial charge on any atom is 0.127 e. The van der Waals surface area contributed by atoms with Gasteiger partial charge in [0.2, 0.25) is 0 Å². The summed E-state index contributed by atoms with van der Waals surface area (Å²) in [6, 6.07) is 6.75. The summed E-state index contributed by atoms with van der Waals surface area (Å²) < 4.78 is 12.7. The molecule has 85 heavy (non-hydrogen) atoms. The summed E-state index contributed by atoms with van der Waals surface area (Å²) in [4.78, 5) is 8.35. The number of nitrogens with one attached hydrogen (secondary N) is 1. The van der Waals surface area contributed by atoms with Gasteiger partial charge < -0.3 is 66.2 Å². The summed E-state index contributed by atoms with van der Waals surface area (Å²) >= 11 is 0. The van der Waals surface area contributed by atoms with Gasteiger partial charge in [0.1, 0.15) is 18.3 Å². The van der Waals surface area contributed by atoms with Crippen LogP contribution >= 0.6 is 0 Å². The van der Waals surface area contributed by atoms with E-state index in [1.807, 2.05) is 43.9 Å². The number of hydrogen-bond donors (Lipinski definition) is 11. The Hall–Kier alpha value is -1.45. The first kappa shape index (κ1) is 87.8. The third-order valence-electron chi connectivity index (χ3n) is 16.9. The minimum atomic E-state index is -0.163. The van der Waals surface area contributed by atoms with Crippen molar-refractivity contribution in [2.75, 3.05) is 87.7 Å². The van der Waals surface area contributed by atoms with Gasteiger partial charge in [-0.05, 0) is 201 Å². The van der Waals surface area contributed by atoms with Gasteiger partial charge in [-0.1, -0.05) is 130 Å². The summed E-state index contributed by atoms with van der Waals surface area (Å²) in [7, 11) is 9.84. The minimum Gasteiger partial charge on any atom is -0.396 e. The zero-order chi connectivity index (χ0) is 64.6. The molecule has 3 aliphatic carbocycles. The average molecular weight is 1220 g/mol. The van der Waals surface area contributed by atoms with Crippen LogP contribution in [0.25, 0.3) is 0 Å². The van der Waals surface area contributed by atoms with Crippen LogP contribution in [0.3, 0.4) is 0 Å². The van der Waals surface area contributed by atoms with E-state index in [1.54, 1.807) is 19.2 Å². The van der Waals surface area contributed by atoms with Gasteiger partial charge >= 0.3 is 0 Å². The quantitative estimate of drug-likeness (QED) is 0.0875. The number of unbranched alkanes of at least 4 members (excludes halogenated alkanes) is 3. The Morgan fingerprint density at radius 2 is 1.04 bits per heavy atom. The second-order valence-electron chi connectivity index (χ2n) is 25.1. The molecule has 7 aliphatic rings. The third kappa shape index (κ3) is 55.1. The molecule has 15 nitrogen and oxygen atoms in total. The maximum absolute atomic E-state index is 12.7. The van der Waals surface area contributed by atoms with Crippen molar-refractivity contribution in [3.05, 3.63) is 35.6 Å². The summed E-state index contributed by atoms with van der Waals surface area (Å²) in [5.41, 5.74) is 0.713. The lowest BCUT2D eigenvalue weighted by atomic mass is 9.85. The second-order valence-corrected chi connectivity index (χ2v) is 25.1. The predicted molar refractivity (Wildman–Crippen MR) is 355 cm³/mol. The Morgan fingerprint density at radius 1 is 0.506 bits per heavy atom. The van der Waals surface area contributed by atoms with E-state index < -0.39 is 0 Å². The fourth-order valence-corrected chi connectivity index (χ4v) is 10.7. The molecule has 1 aromatic rings. The van der Waals surface area contributed by atoms with E-state index in [1.165, 1.54) is 83.1 Å². The fraction of sp³-hybridized carbons (Fsp3) is 0.913. The Morgan fingerprint density at radius 3 is 1.38 bits per heavy atom. The van der Waals surface area contributed by atoms with Crippen molar-refractivity contribution < 1.29 is 55.5 Å². The highest BCUT2D eigenvalue weighted by Crippen LogP contribution is 2.28. The van der Waals surface area contributed by atoms with E-state index in [0.29, 0.717) is 31.2 Å². The van der Waals surface area contributed by atoms with Crippen LogP contribution in [0.5, 0.6) is 0 Å². The minimum absolute atomic E-state index is 0.0173. The number of likely N-dealkylation sites (N-methyl/N-ethyl adjacent to an activating group) is 1. The Kier molecular flexibility index (Phi) is 63.4. The van der Waals surface area contributed by atoms with Crippen molar-refractivity contribution in [1.29, 1.82) is 0 Å². The highest BCUT2D eigenvalue weighted by atomic mass is 19.1. The monoisotopic (exact) mass is 1220 g/mol. The topological polar surface area (TPSA) is 227 Å². The molecule has 1 aromatic carbocycles. The number of likely N-dealkylation sites (tertiary alicyclic amines) is 4. The van der Waals surface area contributed by atoms with E-state index >= 15 is 0 Å². The van der Waals surface area contributed by atoms with Crippen molar-refractivity contribution in [3.8, 4) is 0 Å². The number of aliphatic hydroxyl groups excluding tert-OH is 10. The molecule has 4 heterocycles. The Bertz CT molecular complexity index is 1460. The maximum atomic E-state index is 12.7. The molecule has 7 fully saturated rings. The van der Waals surface area contributed by atoms with Gasteiger partial charge in [-0.25, -0.2) is 4.39 Å². The standard InChI is InChI=1S/C8H10FN.3C8H16O.3C6H13NO.C5H11NO.2C5H12O.C4H10O/c1-10-6-7-4-2-3-5-8(7)9;1-2-7-3-5-8(9)6-4-7;1-2-7-4-3-5-8(9)6-7;1-2-7-5-3-4-6-8(7)9;1-7-4-2-6(8)3-5-7;1-7-4-2-3-6(8)5-7;1-7-5-3-2-4-6(7)8;1-6-4-2-3-5(6)7;1-3-4-5(2)6;1-2-3-4-5-6;1-2-3-4-5/h2-5,10H,6H2,1H3;3*7-9H,2-6H2,1H3;3*6,8H,2-5H2,1H3;5,7H,2-4H2,1H3;5-6H,3-4H2,1-2H3;6H,2-5H2,1H3;5H,2-4H2,1H3. The first-order chi connectivity index (χ1) is 40.6. The lowest BCUT2D eigenvalue weighted by molar-refractivity contribution is -0.00578. The van der Waals surface area contributed by atoms with Gasteiger partial charge in [0.05, 0.1) is 36.6 Å². The number of aliphatic hydroxyl groups is 10. The Labute approximate surface area is 522 Å². The SMILES string of the molecule is CCC1CCC(O)CC1.CCC1CCCC(O)C1.CCC1CCCCC1O.CCCC(C)O.CCCCCO.CCCCO.CN1CCC(O)CC1.CN1CCCC(O)C1.CN1CCCC1O.CN1CCCCC1O.CNCc1ccccc1F. The largest absolute Gasteiger partial charge is 0.396 e. The first-order valence-electron chi connectivity index (χ1n) is 34.4. The number of hydrogen-bond acceptors (Lipinski definition) is 15. The second kappa shape index (κ2) is 61.4. The summed E-state index contributed by atoms with van der Waals surface area (Å²) in [6.07, 6.45) is 34.3. The van der Waals surface area contributed by atoms with E-state index in [9.17, 15) is 14.6 Å². The van der Waals surface area contributed by atoms with Crippen LogP contribution in [0.1, 0.15) is 253 Å². The number of piperidine rings is 3. The highest BCUT2D eigenvalue weighted by molar-refractivity contribution is 5.16. The molecule has 0 radical (unpaired) electrons. The van der Waals surface area contributed by atoms with Gasteiger partial charge in [-0.15, -0.1) is 0 Å². The normalized spacial score (nSPS) is 26.5. The van der Waals surface area contributed by atoms with Crippen LogP contribution in [0.2, 0.25) is 0 Å². The molecule has 16 heteroatoms. The molecule has 510 valence electrons. The molecule has 8 rings (SSSR count). The van der Waals surface area contributed by atoms with Crippen LogP contribution in [-0.4, -0.2) is 207 Å². The van der Waals surface area contributed by atoms with Crippen LogP contribution in [-0.2, 0) is 6.54 Å². The molecular weight excluding hydrogens is 1080 g/mol. The molecule has 0 aromatic heterocycles. The van der Waals surface area contributed by atoms with E-state index in [-0.39, 0.29) is 54.9 Å². The molecule has 0 amide bonds. The number of β-amino-alcohol motifs (C(OH)–C–C–N with tert-alkyl or cyclic N) is 1. The predicted octanol–water partition coefficient (Wildman–Crippen LogP) is 11.1.